The molecule has 15 heavy (non-hydrogen) atoms. The number of hydrogen-bond donors (Lipinski definition) is 2. The van der Waals surface area contributed by atoms with E-state index in [1.165, 1.54) is 6.92 Å². The van der Waals surface area contributed by atoms with Crippen molar-refractivity contribution in [3.05, 3.63) is 24.5 Å². The van der Waals surface area contributed by atoms with Crippen LogP contribution in [0, 0.1) is 0 Å². The second-order valence-electron chi connectivity index (χ2n) is 2.93. The molecule has 2 N–H and O–H groups in total. The Kier molecular flexibility index (Phi) is 2.40. The first-order valence-electron chi connectivity index (χ1n) is 4.36. The van der Waals surface area contributed by atoms with E-state index in [4.69, 9.17) is 0 Å². The summed E-state index contributed by atoms with van der Waals surface area (Å²) in [6.07, 6.45) is 3.34. The highest BCUT2D eigenvalue weighted by molar-refractivity contribution is 5.86. The van der Waals surface area contributed by atoms with E-state index in [1.807, 2.05) is 6.07 Å². The molecular weight excluding hydrogens is 194 g/mol. The summed E-state index contributed by atoms with van der Waals surface area (Å²) in [5, 5.41) is 9.03. The highest BCUT2D eigenvalue weighted by atomic mass is 16.1. The standard InChI is InChI=1S/C9H9N5O/c1-6(15)11-9-12-8(13-14-9)7-3-2-4-10-5-7/h2-5H,1H3,(H2,11,12,13,14,15). The lowest BCUT2D eigenvalue weighted by Gasteiger charge is -1.93. The van der Waals surface area contributed by atoms with Gasteiger partial charge in [-0.15, -0.1) is 5.10 Å². The Labute approximate surface area is 85.8 Å². The number of rotatable bonds is 2. The van der Waals surface area contributed by atoms with Gasteiger partial charge in [-0.2, -0.15) is 4.98 Å². The fourth-order valence-electron chi connectivity index (χ4n) is 1.11. The summed E-state index contributed by atoms with van der Waals surface area (Å²) in [7, 11) is 0. The van der Waals surface area contributed by atoms with Gasteiger partial charge in [0.2, 0.25) is 11.9 Å². The Hall–Kier alpha value is -2.24. The van der Waals surface area contributed by atoms with Crippen molar-refractivity contribution in [2.24, 2.45) is 0 Å². The van der Waals surface area contributed by atoms with Crippen molar-refractivity contribution in [3.63, 3.8) is 0 Å². The molecule has 1 amide bonds. The zero-order valence-corrected chi connectivity index (χ0v) is 8.06. The fraction of sp³-hybridized carbons (Fsp3) is 0.111. The van der Waals surface area contributed by atoms with Gasteiger partial charge in [0.25, 0.3) is 0 Å². The van der Waals surface area contributed by atoms with E-state index in [9.17, 15) is 4.79 Å². The van der Waals surface area contributed by atoms with Gasteiger partial charge >= 0.3 is 0 Å². The highest BCUT2D eigenvalue weighted by Gasteiger charge is 2.05. The molecule has 0 fully saturated rings. The number of nitrogens with one attached hydrogen (secondary N) is 2. The molecule has 2 rings (SSSR count). The number of anilines is 1. The molecule has 0 aliphatic carbocycles. The molecule has 0 unspecified atom stereocenters. The van der Waals surface area contributed by atoms with Crippen LogP contribution in [-0.2, 0) is 4.79 Å². The summed E-state index contributed by atoms with van der Waals surface area (Å²) >= 11 is 0. The van der Waals surface area contributed by atoms with Crippen LogP contribution >= 0.6 is 0 Å². The molecule has 76 valence electrons. The topological polar surface area (TPSA) is 83.6 Å². The smallest absolute Gasteiger partial charge is 0.249 e. The largest absolute Gasteiger partial charge is 0.293 e. The zero-order chi connectivity index (χ0) is 10.7. The monoisotopic (exact) mass is 203 g/mol. The van der Waals surface area contributed by atoms with E-state index in [-0.39, 0.29) is 11.9 Å². The third-order valence-electron chi connectivity index (χ3n) is 1.71. The van der Waals surface area contributed by atoms with E-state index in [1.54, 1.807) is 18.5 Å². The van der Waals surface area contributed by atoms with Crippen molar-refractivity contribution in [2.45, 2.75) is 6.92 Å². The Bertz CT molecular complexity index is 464. The van der Waals surface area contributed by atoms with Gasteiger partial charge in [0, 0.05) is 24.9 Å². The molecule has 6 nitrogen and oxygen atoms in total. The van der Waals surface area contributed by atoms with Crippen LogP contribution in [0.4, 0.5) is 5.95 Å². The molecule has 0 spiro atoms. The number of aromatic amines is 1. The molecule has 2 heterocycles. The number of amides is 1. The number of H-pyrrole nitrogens is 1. The minimum atomic E-state index is -0.202. The average molecular weight is 203 g/mol. The van der Waals surface area contributed by atoms with Gasteiger partial charge in [-0.3, -0.25) is 20.2 Å². The van der Waals surface area contributed by atoms with E-state index in [2.05, 4.69) is 25.5 Å². The summed E-state index contributed by atoms with van der Waals surface area (Å²) in [4.78, 5) is 18.8. The number of carbonyl (C=O) groups is 1. The normalized spacial score (nSPS) is 9.93. The quantitative estimate of drug-likeness (QED) is 0.757. The second kappa shape index (κ2) is 3.87. The molecule has 0 saturated heterocycles. The van der Waals surface area contributed by atoms with Crippen molar-refractivity contribution in [1.29, 1.82) is 0 Å². The predicted octanol–water partition coefficient (Wildman–Crippen LogP) is 0.825. The third kappa shape index (κ3) is 2.16. The van der Waals surface area contributed by atoms with Crippen LogP contribution in [0.25, 0.3) is 11.4 Å². The summed E-state index contributed by atoms with van der Waals surface area (Å²) in [5.74, 6) is 0.639. The maximum atomic E-state index is 10.7. The first kappa shape index (κ1) is 9.32. The van der Waals surface area contributed by atoms with Gasteiger partial charge in [0.15, 0.2) is 5.82 Å². The van der Waals surface area contributed by atoms with Crippen LogP contribution in [0.15, 0.2) is 24.5 Å². The molecule has 0 aliphatic heterocycles. The van der Waals surface area contributed by atoms with Crippen LogP contribution in [0.2, 0.25) is 0 Å². The second-order valence-corrected chi connectivity index (χ2v) is 2.93. The van der Waals surface area contributed by atoms with Crippen LogP contribution in [0.1, 0.15) is 6.92 Å². The van der Waals surface area contributed by atoms with E-state index in [0.717, 1.165) is 5.56 Å². The highest BCUT2D eigenvalue weighted by Crippen LogP contribution is 2.13. The van der Waals surface area contributed by atoms with Gasteiger partial charge in [0.05, 0.1) is 0 Å². The Morgan fingerprint density at radius 2 is 2.40 bits per heavy atom. The predicted molar refractivity (Wildman–Crippen MR) is 53.9 cm³/mol. The molecule has 2 aromatic heterocycles. The lowest BCUT2D eigenvalue weighted by molar-refractivity contribution is -0.114. The van der Waals surface area contributed by atoms with Gasteiger partial charge in [-0.25, -0.2) is 0 Å². The minimum absolute atomic E-state index is 0.202. The number of aromatic nitrogens is 4. The van der Waals surface area contributed by atoms with Crippen LogP contribution < -0.4 is 5.32 Å². The SMILES string of the molecule is CC(=O)Nc1n[nH]c(-c2cccnc2)n1. The van der Waals surface area contributed by atoms with Crippen molar-refractivity contribution in [1.82, 2.24) is 20.2 Å². The fourth-order valence-corrected chi connectivity index (χ4v) is 1.11. The number of nitrogens with zero attached hydrogens (tertiary/aromatic N) is 3. The van der Waals surface area contributed by atoms with Crippen LogP contribution in [-0.4, -0.2) is 26.1 Å². The summed E-state index contributed by atoms with van der Waals surface area (Å²) in [5.41, 5.74) is 0.821. The number of hydrogen-bond acceptors (Lipinski definition) is 4. The molecule has 0 radical (unpaired) electrons. The molecule has 2 aromatic rings. The third-order valence-corrected chi connectivity index (χ3v) is 1.71. The number of pyridine rings is 1. The molecule has 0 aliphatic rings. The van der Waals surface area contributed by atoms with E-state index < -0.39 is 0 Å². The van der Waals surface area contributed by atoms with Gasteiger partial charge in [-0.05, 0) is 12.1 Å². The summed E-state index contributed by atoms with van der Waals surface area (Å²) < 4.78 is 0. The van der Waals surface area contributed by atoms with Crippen molar-refractivity contribution < 1.29 is 4.79 Å². The number of carbonyl (C=O) groups excluding carboxylic acids is 1. The Balaban J connectivity index is 2.24. The van der Waals surface area contributed by atoms with Gasteiger partial charge in [0.1, 0.15) is 0 Å². The van der Waals surface area contributed by atoms with Crippen LogP contribution in [0.5, 0.6) is 0 Å². The molecule has 6 heteroatoms. The lowest BCUT2D eigenvalue weighted by atomic mass is 10.3. The zero-order valence-electron chi connectivity index (χ0n) is 8.06. The maximum absolute atomic E-state index is 10.7. The van der Waals surface area contributed by atoms with Gasteiger partial charge < -0.3 is 0 Å². The molecule has 0 aromatic carbocycles. The molecular formula is C9H9N5O. The maximum Gasteiger partial charge on any atom is 0.249 e. The molecule has 0 bridgehead atoms. The molecule has 0 atom stereocenters. The van der Waals surface area contributed by atoms with Crippen molar-refractivity contribution in [2.75, 3.05) is 5.32 Å². The van der Waals surface area contributed by atoms with Crippen molar-refractivity contribution >= 4 is 11.9 Å². The van der Waals surface area contributed by atoms with Crippen molar-refractivity contribution in [3.8, 4) is 11.4 Å². The van der Waals surface area contributed by atoms with E-state index in [0.29, 0.717) is 5.82 Å². The first-order chi connectivity index (χ1) is 7.25. The first-order valence-corrected chi connectivity index (χ1v) is 4.36. The molecule has 0 saturated carbocycles. The summed E-state index contributed by atoms with van der Waals surface area (Å²) in [6.45, 7) is 1.40. The Morgan fingerprint density at radius 1 is 1.53 bits per heavy atom. The van der Waals surface area contributed by atoms with Crippen LogP contribution in [0.3, 0.4) is 0 Å². The summed E-state index contributed by atoms with van der Waals surface area (Å²) in [6, 6.07) is 3.65. The lowest BCUT2D eigenvalue weighted by Crippen LogP contribution is -2.06. The Morgan fingerprint density at radius 3 is 3.07 bits per heavy atom. The van der Waals surface area contributed by atoms with E-state index >= 15 is 0 Å². The average Bonchev–Trinajstić information content (AvgIpc) is 2.67. The minimum Gasteiger partial charge on any atom is -0.293 e. The van der Waals surface area contributed by atoms with Gasteiger partial charge in [-0.1, -0.05) is 0 Å².